The number of rotatable bonds is 3. The Labute approximate surface area is 191 Å². The molecular formula is C22H23N5O3S2. The molecule has 2 aromatic rings. The van der Waals surface area contributed by atoms with E-state index in [1.807, 2.05) is 33.8 Å². The first-order valence-corrected chi connectivity index (χ1v) is 12.5. The van der Waals surface area contributed by atoms with Gasteiger partial charge in [0.05, 0.1) is 11.3 Å². The van der Waals surface area contributed by atoms with Crippen molar-refractivity contribution in [3.63, 3.8) is 0 Å². The first kappa shape index (κ1) is 22.2. The highest BCUT2D eigenvalue weighted by molar-refractivity contribution is 8.42. The summed E-state index contributed by atoms with van der Waals surface area (Å²) >= 11 is 0.797. The molecule has 0 saturated heterocycles. The number of amides is 1. The Morgan fingerprint density at radius 1 is 1.09 bits per heavy atom. The number of aliphatic imine (C=N–C) groups is 1. The van der Waals surface area contributed by atoms with Gasteiger partial charge in [-0.15, -0.1) is 5.10 Å². The van der Waals surface area contributed by atoms with Crippen LogP contribution in [-0.2, 0) is 14.6 Å². The van der Waals surface area contributed by atoms with E-state index in [-0.39, 0.29) is 26.7 Å². The minimum Gasteiger partial charge on any atom is -0.318 e. The van der Waals surface area contributed by atoms with Gasteiger partial charge in [0, 0.05) is 17.1 Å². The Morgan fingerprint density at radius 2 is 1.75 bits per heavy atom. The van der Waals surface area contributed by atoms with Crippen LogP contribution in [-0.4, -0.2) is 45.0 Å². The number of amidine groups is 2. The van der Waals surface area contributed by atoms with Crippen molar-refractivity contribution < 1.29 is 13.2 Å². The van der Waals surface area contributed by atoms with E-state index in [2.05, 4.69) is 32.9 Å². The van der Waals surface area contributed by atoms with Gasteiger partial charge in [-0.2, -0.15) is 10.0 Å². The lowest BCUT2D eigenvalue weighted by atomic mass is 10.1. The van der Waals surface area contributed by atoms with Crippen LogP contribution in [0, 0.1) is 33.1 Å². The van der Waals surface area contributed by atoms with Crippen LogP contribution in [0.4, 0.5) is 0 Å². The van der Waals surface area contributed by atoms with E-state index < -0.39 is 15.7 Å². The van der Waals surface area contributed by atoms with E-state index in [1.54, 1.807) is 6.08 Å². The molecule has 0 bridgehead atoms. The van der Waals surface area contributed by atoms with Crippen molar-refractivity contribution in [1.29, 1.82) is 5.41 Å². The van der Waals surface area contributed by atoms with Gasteiger partial charge in [0.2, 0.25) is 19.4 Å². The van der Waals surface area contributed by atoms with E-state index in [0.717, 1.165) is 50.5 Å². The Hall–Kier alpha value is -2.98. The summed E-state index contributed by atoms with van der Waals surface area (Å²) in [6.45, 7) is 9.56. The van der Waals surface area contributed by atoms with Crippen LogP contribution >= 0.6 is 11.8 Å². The number of nitrogens with zero attached hydrogens (tertiary/aromatic N) is 4. The molecule has 2 aliphatic heterocycles. The maximum Gasteiger partial charge on any atom is 0.283 e. The molecule has 0 radical (unpaired) electrons. The molecule has 1 amide bonds. The van der Waals surface area contributed by atoms with E-state index in [4.69, 9.17) is 5.41 Å². The monoisotopic (exact) mass is 469 g/mol. The highest BCUT2D eigenvalue weighted by Crippen LogP contribution is 2.31. The van der Waals surface area contributed by atoms with Crippen LogP contribution in [0.2, 0.25) is 0 Å². The number of carbonyl (C=O) groups excluding carboxylic acids is 1. The van der Waals surface area contributed by atoms with E-state index in [1.165, 1.54) is 6.92 Å². The molecular weight excluding hydrogens is 446 g/mol. The smallest absolute Gasteiger partial charge is 0.283 e. The molecule has 0 atom stereocenters. The zero-order valence-corrected chi connectivity index (χ0v) is 20.1. The predicted molar refractivity (Wildman–Crippen MR) is 129 cm³/mol. The molecule has 2 aliphatic rings. The lowest BCUT2D eigenvalue weighted by Gasteiger charge is -2.20. The fourth-order valence-corrected chi connectivity index (χ4v) is 5.95. The predicted octanol–water partition coefficient (Wildman–Crippen LogP) is 3.72. The third kappa shape index (κ3) is 3.73. The van der Waals surface area contributed by atoms with Gasteiger partial charge >= 0.3 is 0 Å². The van der Waals surface area contributed by atoms with Crippen molar-refractivity contribution >= 4 is 49.0 Å². The molecule has 32 heavy (non-hydrogen) atoms. The molecule has 8 nitrogen and oxygen atoms in total. The van der Waals surface area contributed by atoms with Crippen LogP contribution in [0.25, 0.3) is 11.8 Å². The normalized spacial score (nSPS) is 17.7. The van der Waals surface area contributed by atoms with E-state index >= 15 is 0 Å². The molecule has 0 aliphatic carbocycles. The minimum atomic E-state index is -3.56. The fraction of sp³-hybridized carbons (Fsp3) is 0.273. The van der Waals surface area contributed by atoms with Gasteiger partial charge in [0.1, 0.15) is 0 Å². The number of hydrazone groups is 1. The van der Waals surface area contributed by atoms with Crippen LogP contribution in [0.1, 0.15) is 35.0 Å². The molecule has 1 aromatic carbocycles. The van der Waals surface area contributed by atoms with Gasteiger partial charge in [-0.1, -0.05) is 13.0 Å². The summed E-state index contributed by atoms with van der Waals surface area (Å²) in [7, 11) is -3.56. The summed E-state index contributed by atoms with van der Waals surface area (Å²) in [5, 5.41) is 13.7. The number of aromatic nitrogens is 1. The lowest BCUT2D eigenvalue weighted by Crippen LogP contribution is -2.35. The zero-order chi connectivity index (χ0) is 23.4. The summed E-state index contributed by atoms with van der Waals surface area (Å²) < 4.78 is 26.3. The molecule has 1 N–H and O–H groups in total. The lowest BCUT2D eigenvalue weighted by molar-refractivity contribution is -0.114. The second-order valence-electron chi connectivity index (χ2n) is 7.80. The quantitative estimate of drug-likeness (QED) is 0.689. The largest absolute Gasteiger partial charge is 0.318 e. The first-order chi connectivity index (χ1) is 15.0. The van der Waals surface area contributed by atoms with Crippen LogP contribution in [0.15, 0.2) is 39.9 Å². The number of carbonyl (C=O) groups is 1. The first-order valence-electron chi connectivity index (χ1n) is 10.0. The number of hydrogen-bond acceptors (Lipinski definition) is 6. The number of benzene rings is 1. The van der Waals surface area contributed by atoms with Gasteiger partial charge < -0.3 is 4.57 Å². The van der Waals surface area contributed by atoms with Gasteiger partial charge in [0.25, 0.3) is 5.91 Å². The summed E-state index contributed by atoms with van der Waals surface area (Å²) in [5.74, 6) is -0.894. The average Bonchev–Trinajstić information content (AvgIpc) is 3.25. The third-order valence-corrected chi connectivity index (χ3v) is 8.41. The zero-order valence-electron chi connectivity index (χ0n) is 18.4. The van der Waals surface area contributed by atoms with Gasteiger partial charge in [-0.05, 0) is 80.4 Å². The number of thioether (sulfide) groups is 1. The Bertz CT molecular complexity index is 1360. The fourth-order valence-electron chi connectivity index (χ4n) is 3.79. The highest BCUT2D eigenvalue weighted by Gasteiger charge is 2.39. The third-order valence-electron chi connectivity index (χ3n) is 5.32. The average molecular weight is 470 g/mol. The van der Waals surface area contributed by atoms with Crippen molar-refractivity contribution in [1.82, 2.24) is 9.58 Å². The second-order valence-corrected chi connectivity index (χ2v) is 11.2. The SMILES string of the molecule is CCS(=O)(=O)C1=NN2C(=N)/C(=C/c3cc(C)n(-c4cc(C)cc(C)c4)c3C)C(=O)N=C2S1. The molecule has 0 saturated carbocycles. The molecule has 3 heterocycles. The molecule has 0 unspecified atom stereocenters. The number of aryl methyl sites for hydroxylation is 3. The summed E-state index contributed by atoms with van der Waals surface area (Å²) in [5.41, 5.74) is 6.09. The summed E-state index contributed by atoms with van der Waals surface area (Å²) in [4.78, 5) is 16.7. The van der Waals surface area contributed by atoms with E-state index in [0.29, 0.717) is 0 Å². The van der Waals surface area contributed by atoms with E-state index in [9.17, 15) is 13.2 Å². The maximum absolute atomic E-state index is 12.7. The Balaban J connectivity index is 1.76. The van der Waals surface area contributed by atoms with Crippen LogP contribution < -0.4 is 0 Å². The van der Waals surface area contributed by atoms with Gasteiger partial charge in [0.15, 0.2) is 5.84 Å². The highest BCUT2D eigenvalue weighted by atomic mass is 32.3. The minimum absolute atomic E-state index is 0.0638. The number of hydrogen-bond donors (Lipinski definition) is 1. The molecule has 10 heteroatoms. The molecule has 1 aromatic heterocycles. The van der Waals surface area contributed by atoms with Gasteiger partial charge in [-0.3, -0.25) is 10.2 Å². The molecule has 0 spiro atoms. The maximum atomic E-state index is 12.7. The molecule has 0 fully saturated rings. The Kier molecular flexibility index (Phi) is 5.46. The van der Waals surface area contributed by atoms with Gasteiger partial charge in [-0.25, -0.2) is 8.42 Å². The van der Waals surface area contributed by atoms with Crippen molar-refractivity contribution in [3.8, 4) is 5.69 Å². The molecule has 166 valence electrons. The van der Waals surface area contributed by atoms with Crippen molar-refractivity contribution in [2.45, 2.75) is 34.6 Å². The van der Waals surface area contributed by atoms with Crippen molar-refractivity contribution in [2.24, 2.45) is 10.1 Å². The summed E-state index contributed by atoms with van der Waals surface area (Å²) in [6, 6.07) is 8.26. The standard InChI is InChI=1S/C22H23N5O3S2/c1-6-32(29,30)22-25-27-19(23)18(20(28)24-21(27)31-22)11-16-10-14(4)26(15(16)5)17-8-12(2)7-13(3)9-17/h7-11,23H,6H2,1-5H3/b18-11-,23-19?. The van der Waals surface area contributed by atoms with Crippen LogP contribution in [0.5, 0.6) is 0 Å². The topological polar surface area (TPSA) is 108 Å². The number of sulfone groups is 1. The summed E-state index contributed by atoms with van der Waals surface area (Å²) in [6.07, 6.45) is 1.62. The van der Waals surface area contributed by atoms with Crippen molar-refractivity contribution in [2.75, 3.05) is 5.75 Å². The Morgan fingerprint density at radius 3 is 2.38 bits per heavy atom. The second kappa shape index (κ2) is 7.86. The van der Waals surface area contributed by atoms with Crippen molar-refractivity contribution in [3.05, 3.63) is 57.9 Å². The van der Waals surface area contributed by atoms with Crippen LogP contribution in [0.3, 0.4) is 0 Å². The number of fused-ring (bicyclic) bond motifs is 1. The molecule has 4 rings (SSSR count). The number of nitrogens with one attached hydrogen (secondary N) is 1.